The van der Waals surface area contributed by atoms with Crippen LogP contribution in [0.4, 0.5) is 11.6 Å². The van der Waals surface area contributed by atoms with Gasteiger partial charge in [0.15, 0.2) is 0 Å². The van der Waals surface area contributed by atoms with E-state index in [1.165, 1.54) is 16.7 Å². The second-order valence-corrected chi connectivity index (χ2v) is 11.1. The molecular formula is C33H41N7O2. The molecular weight excluding hydrogens is 526 g/mol. The molecule has 9 nitrogen and oxygen atoms in total. The number of imidazole rings is 1. The summed E-state index contributed by atoms with van der Waals surface area (Å²) in [5, 5.41) is 26.7. The Balaban J connectivity index is 1.36. The predicted molar refractivity (Wildman–Crippen MR) is 167 cm³/mol. The van der Waals surface area contributed by atoms with Gasteiger partial charge >= 0.3 is 0 Å². The average molecular weight is 568 g/mol. The minimum Gasteiger partial charge on any atom is -0.506 e. The maximum absolute atomic E-state index is 10.6. The number of hydrogen-bond donors (Lipinski definition) is 3. The smallest absolute Gasteiger partial charge is 0.204 e. The van der Waals surface area contributed by atoms with Gasteiger partial charge in [0, 0.05) is 44.0 Å². The topological polar surface area (TPSA) is 111 Å². The summed E-state index contributed by atoms with van der Waals surface area (Å²) in [4.78, 5) is 12.0. The number of pyridine rings is 1. The molecule has 0 aliphatic carbocycles. The van der Waals surface area contributed by atoms with E-state index < -0.39 is 0 Å². The number of hydrogen-bond acceptors (Lipinski definition) is 8. The Hall–Kier alpha value is -4.13. The van der Waals surface area contributed by atoms with E-state index in [2.05, 4.69) is 75.3 Å². The summed E-state index contributed by atoms with van der Waals surface area (Å²) in [7, 11) is 0. The molecule has 2 aromatic heterocycles. The monoisotopic (exact) mass is 567 g/mol. The number of aryl methyl sites for hydroxylation is 4. The molecule has 3 heterocycles. The molecule has 5 rings (SSSR count). The van der Waals surface area contributed by atoms with Gasteiger partial charge in [-0.05, 0) is 86.7 Å². The fourth-order valence-electron chi connectivity index (χ4n) is 5.64. The van der Waals surface area contributed by atoms with Crippen molar-refractivity contribution in [2.24, 2.45) is 0 Å². The van der Waals surface area contributed by atoms with Gasteiger partial charge in [0.1, 0.15) is 11.4 Å². The molecule has 1 aliphatic rings. The number of nitrogens with one attached hydrogen (secondary N) is 2. The SMILES string of the molecule is Cc1ccc(O)c(Cn2c(NCCCN3CCOCC3)nc3ccc(CNc4c(C)cc(CCC#N)cc4C)cc32)n1. The van der Waals surface area contributed by atoms with E-state index in [0.717, 1.165) is 86.2 Å². The third kappa shape index (κ3) is 7.19. The molecule has 4 aromatic rings. The van der Waals surface area contributed by atoms with Crippen LogP contribution in [0.3, 0.4) is 0 Å². The number of anilines is 2. The van der Waals surface area contributed by atoms with Crippen molar-refractivity contribution in [3.8, 4) is 11.8 Å². The van der Waals surface area contributed by atoms with Crippen molar-refractivity contribution in [1.29, 1.82) is 5.26 Å². The van der Waals surface area contributed by atoms with Gasteiger partial charge in [-0.25, -0.2) is 4.98 Å². The molecule has 220 valence electrons. The highest BCUT2D eigenvalue weighted by Crippen LogP contribution is 2.27. The standard InChI is InChI=1S/C33H41N7O2/c1-23-18-26(6-4-11-34)19-24(2)32(23)36-21-27-8-9-28-30(20-27)40(22-29-31(41)10-7-25(3)37-29)33(38-28)35-12-5-13-39-14-16-42-17-15-39/h7-10,18-20,36,41H,4-6,12-17,21-22H2,1-3H3,(H,35,38). The number of ether oxygens (including phenoxy) is 1. The summed E-state index contributed by atoms with van der Waals surface area (Å²) in [5.41, 5.74) is 9.19. The lowest BCUT2D eigenvalue weighted by Gasteiger charge is -2.26. The normalized spacial score (nSPS) is 13.8. The Morgan fingerprint density at radius 1 is 0.976 bits per heavy atom. The quantitative estimate of drug-likeness (QED) is 0.198. The van der Waals surface area contributed by atoms with Crippen LogP contribution in [0, 0.1) is 32.1 Å². The van der Waals surface area contributed by atoms with Crippen LogP contribution in [0.25, 0.3) is 11.0 Å². The largest absolute Gasteiger partial charge is 0.506 e. The maximum Gasteiger partial charge on any atom is 0.204 e. The Morgan fingerprint density at radius 2 is 1.76 bits per heavy atom. The van der Waals surface area contributed by atoms with Gasteiger partial charge in [-0.1, -0.05) is 18.2 Å². The van der Waals surface area contributed by atoms with Crippen LogP contribution >= 0.6 is 0 Å². The maximum atomic E-state index is 10.6. The minimum atomic E-state index is 0.183. The number of aromatic nitrogens is 3. The van der Waals surface area contributed by atoms with Crippen molar-refractivity contribution in [1.82, 2.24) is 19.4 Å². The first-order valence-corrected chi connectivity index (χ1v) is 14.8. The first-order chi connectivity index (χ1) is 20.4. The molecule has 42 heavy (non-hydrogen) atoms. The predicted octanol–water partition coefficient (Wildman–Crippen LogP) is 5.31. The van der Waals surface area contributed by atoms with Crippen molar-refractivity contribution in [2.45, 2.75) is 53.1 Å². The van der Waals surface area contributed by atoms with Crippen LogP contribution in [0.5, 0.6) is 5.75 Å². The molecule has 3 N–H and O–H groups in total. The number of fused-ring (bicyclic) bond motifs is 1. The van der Waals surface area contributed by atoms with Crippen LogP contribution in [-0.4, -0.2) is 63.9 Å². The Labute approximate surface area is 248 Å². The fourth-order valence-corrected chi connectivity index (χ4v) is 5.64. The van der Waals surface area contributed by atoms with Gasteiger partial charge < -0.3 is 25.0 Å². The molecule has 0 unspecified atom stereocenters. The molecule has 0 amide bonds. The van der Waals surface area contributed by atoms with Crippen LogP contribution in [0.1, 0.15) is 46.5 Å². The summed E-state index contributed by atoms with van der Waals surface area (Å²) in [5.74, 6) is 0.960. The molecule has 2 aromatic carbocycles. The van der Waals surface area contributed by atoms with Crippen LogP contribution in [-0.2, 0) is 24.2 Å². The van der Waals surface area contributed by atoms with E-state index in [9.17, 15) is 5.11 Å². The van der Waals surface area contributed by atoms with E-state index in [4.69, 9.17) is 15.0 Å². The zero-order valence-electron chi connectivity index (χ0n) is 24.9. The Morgan fingerprint density at radius 3 is 2.52 bits per heavy atom. The molecule has 0 saturated carbocycles. The van der Waals surface area contributed by atoms with Crippen LogP contribution in [0.15, 0.2) is 42.5 Å². The highest BCUT2D eigenvalue weighted by Gasteiger charge is 2.16. The van der Waals surface area contributed by atoms with Crippen molar-refractivity contribution in [2.75, 3.05) is 50.0 Å². The molecule has 0 atom stereocenters. The van der Waals surface area contributed by atoms with Gasteiger partial charge in [-0.2, -0.15) is 5.26 Å². The first kappa shape index (κ1) is 29.4. The second-order valence-electron chi connectivity index (χ2n) is 11.1. The van der Waals surface area contributed by atoms with Crippen LogP contribution in [0.2, 0.25) is 0 Å². The van der Waals surface area contributed by atoms with E-state index in [0.29, 0.717) is 25.2 Å². The molecule has 1 saturated heterocycles. The Kier molecular flexibility index (Phi) is 9.57. The highest BCUT2D eigenvalue weighted by molar-refractivity contribution is 5.80. The second kappa shape index (κ2) is 13.7. The highest BCUT2D eigenvalue weighted by atomic mass is 16.5. The molecule has 0 radical (unpaired) electrons. The van der Waals surface area contributed by atoms with Crippen LogP contribution < -0.4 is 10.6 Å². The van der Waals surface area contributed by atoms with Crippen molar-refractivity contribution < 1.29 is 9.84 Å². The summed E-state index contributed by atoms with van der Waals surface area (Å²) < 4.78 is 7.59. The molecule has 0 spiro atoms. The summed E-state index contributed by atoms with van der Waals surface area (Å²) in [6, 6.07) is 16.5. The third-order valence-corrected chi connectivity index (χ3v) is 7.84. The molecule has 0 bridgehead atoms. The summed E-state index contributed by atoms with van der Waals surface area (Å²) in [6.45, 7) is 12.6. The molecule has 9 heteroatoms. The average Bonchev–Trinajstić information content (AvgIpc) is 3.32. The Bertz CT molecular complexity index is 1540. The molecule has 1 aliphatic heterocycles. The number of benzene rings is 2. The van der Waals surface area contributed by atoms with E-state index >= 15 is 0 Å². The lowest BCUT2D eigenvalue weighted by atomic mass is 10.0. The van der Waals surface area contributed by atoms with Crippen molar-refractivity contribution in [3.05, 3.63) is 76.1 Å². The van der Waals surface area contributed by atoms with Gasteiger partial charge in [0.05, 0.1) is 36.9 Å². The van der Waals surface area contributed by atoms with E-state index in [1.54, 1.807) is 6.07 Å². The van der Waals surface area contributed by atoms with Crippen molar-refractivity contribution >= 4 is 22.7 Å². The van der Waals surface area contributed by atoms with Gasteiger partial charge in [-0.3, -0.25) is 9.88 Å². The number of nitrogens with zero attached hydrogens (tertiary/aromatic N) is 5. The van der Waals surface area contributed by atoms with E-state index in [-0.39, 0.29) is 5.75 Å². The zero-order valence-corrected chi connectivity index (χ0v) is 24.9. The first-order valence-electron chi connectivity index (χ1n) is 14.8. The number of nitriles is 1. The van der Waals surface area contributed by atoms with E-state index in [1.807, 2.05) is 13.0 Å². The number of rotatable bonds is 12. The fraction of sp³-hybridized carbons (Fsp3) is 0.424. The summed E-state index contributed by atoms with van der Waals surface area (Å²) >= 11 is 0. The number of morpholine rings is 1. The summed E-state index contributed by atoms with van der Waals surface area (Å²) in [6.07, 6.45) is 2.30. The van der Waals surface area contributed by atoms with Gasteiger partial charge in [0.25, 0.3) is 0 Å². The lowest BCUT2D eigenvalue weighted by Crippen LogP contribution is -2.37. The molecule has 1 fully saturated rings. The third-order valence-electron chi connectivity index (χ3n) is 7.84. The number of aromatic hydroxyl groups is 1. The van der Waals surface area contributed by atoms with Crippen molar-refractivity contribution in [3.63, 3.8) is 0 Å². The lowest BCUT2D eigenvalue weighted by molar-refractivity contribution is 0.0378. The van der Waals surface area contributed by atoms with Gasteiger partial charge in [0.2, 0.25) is 5.95 Å². The van der Waals surface area contributed by atoms with Gasteiger partial charge in [-0.15, -0.1) is 0 Å². The zero-order chi connectivity index (χ0) is 29.5. The minimum absolute atomic E-state index is 0.183.